The predicted molar refractivity (Wildman–Crippen MR) is 203 cm³/mol. The molecular weight excluding hydrogens is 632 g/mol. The molecule has 1 rings (SSSR count). The molecule has 1 aliphatic rings. The van der Waals surface area contributed by atoms with Crippen LogP contribution in [0.3, 0.4) is 0 Å². The predicted octanol–water partition coefficient (Wildman–Crippen LogP) is 9.96. The molecule has 1 saturated heterocycles. The fourth-order valence-electron chi connectivity index (χ4n) is 6.36. The lowest BCUT2D eigenvalue weighted by molar-refractivity contribution is -0.296. The number of hydrogen-bond donors (Lipinski definition) is 3. The van der Waals surface area contributed by atoms with E-state index in [-0.39, 0.29) is 12.8 Å². The van der Waals surface area contributed by atoms with Crippen LogP contribution in [0.15, 0.2) is 24.3 Å². The second-order valence-corrected chi connectivity index (χ2v) is 14.3. The lowest BCUT2D eigenvalue weighted by Gasteiger charge is -2.40. The van der Waals surface area contributed by atoms with Crippen molar-refractivity contribution in [2.45, 2.75) is 224 Å². The summed E-state index contributed by atoms with van der Waals surface area (Å²) in [6.45, 7) is 3.92. The summed E-state index contributed by atoms with van der Waals surface area (Å²) >= 11 is 0. The topological polar surface area (TPSA) is 123 Å². The minimum absolute atomic E-state index is 0.163. The van der Waals surface area contributed by atoms with Crippen molar-refractivity contribution in [2.24, 2.45) is 0 Å². The molecule has 5 atom stereocenters. The van der Waals surface area contributed by atoms with Gasteiger partial charge in [-0.05, 0) is 64.2 Å². The highest BCUT2D eigenvalue weighted by Crippen LogP contribution is 2.26. The van der Waals surface area contributed by atoms with Gasteiger partial charge in [-0.3, -0.25) is 9.59 Å². The standard InChI is InChI=1S/C42H76O8/c1-3-5-7-9-11-13-15-17-19-21-23-25-27-29-31-33-37(44)49-41-40(47)39(46)36(35-43)48-42(41)50-38(45)34-32-30-28-26-24-22-20-18-16-14-12-10-8-6-4-2/h17-20,36,39-43,46-47H,3-16,21-35H2,1-2H3/t36-,39-,40+,41+,42?/m1/s1. The van der Waals surface area contributed by atoms with Crippen LogP contribution in [-0.2, 0) is 23.8 Å². The van der Waals surface area contributed by atoms with Gasteiger partial charge >= 0.3 is 11.9 Å². The first kappa shape index (κ1) is 46.3. The second-order valence-electron chi connectivity index (χ2n) is 14.3. The zero-order chi connectivity index (χ0) is 36.5. The van der Waals surface area contributed by atoms with E-state index in [1.807, 2.05) is 0 Å². The molecule has 0 spiro atoms. The number of carbonyl (C=O) groups excluding carboxylic acids is 2. The first-order chi connectivity index (χ1) is 24.4. The summed E-state index contributed by atoms with van der Waals surface area (Å²) in [4.78, 5) is 25.3. The molecule has 3 N–H and O–H groups in total. The number of aliphatic hydroxyl groups is 3. The number of aliphatic hydroxyl groups excluding tert-OH is 3. The van der Waals surface area contributed by atoms with Crippen LogP contribution in [0.1, 0.15) is 194 Å². The highest BCUT2D eigenvalue weighted by Gasteiger charge is 2.48. The van der Waals surface area contributed by atoms with Gasteiger partial charge in [0.05, 0.1) is 6.61 Å². The molecule has 0 radical (unpaired) electrons. The summed E-state index contributed by atoms with van der Waals surface area (Å²) in [5.74, 6) is -1.06. The molecule has 0 aromatic carbocycles. The number of allylic oxidation sites excluding steroid dienone is 4. The number of esters is 2. The molecule has 1 heterocycles. The number of unbranched alkanes of at least 4 members (excludes halogenated alkanes) is 22. The van der Waals surface area contributed by atoms with Gasteiger partial charge in [0.2, 0.25) is 6.29 Å². The van der Waals surface area contributed by atoms with Crippen molar-refractivity contribution in [3.63, 3.8) is 0 Å². The van der Waals surface area contributed by atoms with Gasteiger partial charge in [0.1, 0.15) is 18.3 Å². The molecule has 8 nitrogen and oxygen atoms in total. The van der Waals surface area contributed by atoms with Crippen LogP contribution in [0.2, 0.25) is 0 Å². The molecule has 0 saturated carbocycles. The molecule has 50 heavy (non-hydrogen) atoms. The summed E-state index contributed by atoms with van der Waals surface area (Å²) in [6.07, 6.45) is 32.7. The Bertz CT molecular complexity index is 859. The molecule has 0 aromatic heterocycles. The van der Waals surface area contributed by atoms with E-state index in [9.17, 15) is 24.9 Å². The average molecular weight is 709 g/mol. The van der Waals surface area contributed by atoms with Gasteiger partial charge in [-0.1, -0.05) is 141 Å². The van der Waals surface area contributed by atoms with E-state index in [4.69, 9.17) is 14.2 Å². The van der Waals surface area contributed by atoms with E-state index in [2.05, 4.69) is 38.2 Å². The third kappa shape index (κ3) is 24.4. The van der Waals surface area contributed by atoms with Crippen LogP contribution in [0.5, 0.6) is 0 Å². The molecule has 1 fully saturated rings. The Morgan fingerprint density at radius 2 is 0.880 bits per heavy atom. The molecule has 0 amide bonds. The Balaban J connectivity index is 2.23. The van der Waals surface area contributed by atoms with Crippen molar-refractivity contribution in [2.75, 3.05) is 6.61 Å². The lowest BCUT2D eigenvalue weighted by Crippen LogP contribution is -2.60. The Kier molecular flexibility index (Phi) is 30.7. The van der Waals surface area contributed by atoms with Crippen molar-refractivity contribution in [3.05, 3.63) is 24.3 Å². The van der Waals surface area contributed by atoms with Gasteiger partial charge < -0.3 is 29.5 Å². The normalized spacial score (nSPS) is 20.9. The zero-order valence-corrected chi connectivity index (χ0v) is 32.1. The van der Waals surface area contributed by atoms with Gasteiger partial charge in [0.15, 0.2) is 6.10 Å². The van der Waals surface area contributed by atoms with E-state index in [1.165, 1.54) is 89.9 Å². The summed E-state index contributed by atoms with van der Waals surface area (Å²) in [7, 11) is 0. The van der Waals surface area contributed by atoms with Gasteiger partial charge in [-0.25, -0.2) is 0 Å². The first-order valence-corrected chi connectivity index (χ1v) is 20.8. The van der Waals surface area contributed by atoms with Crippen LogP contribution in [-0.4, -0.2) is 64.6 Å². The Labute approximate surface area is 305 Å². The smallest absolute Gasteiger partial charge is 0.308 e. The minimum atomic E-state index is -1.54. The number of carbonyl (C=O) groups is 2. The quantitative estimate of drug-likeness (QED) is 0.0350. The molecule has 1 unspecified atom stereocenters. The molecule has 8 heteroatoms. The Morgan fingerprint density at radius 3 is 1.28 bits per heavy atom. The maximum atomic E-state index is 12.6. The van der Waals surface area contributed by atoms with Gasteiger partial charge in [0.25, 0.3) is 0 Å². The van der Waals surface area contributed by atoms with Gasteiger partial charge in [-0.2, -0.15) is 0 Å². The highest BCUT2D eigenvalue weighted by molar-refractivity contribution is 5.70. The monoisotopic (exact) mass is 709 g/mol. The summed E-state index contributed by atoms with van der Waals surface area (Å²) in [5.41, 5.74) is 0. The Hall–Kier alpha value is -1.74. The van der Waals surface area contributed by atoms with E-state index in [1.54, 1.807) is 0 Å². The summed E-state index contributed by atoms with van der Waals surface area (Å²) < 4.78 is 16.5. The van der Waals surface area contributed by atoms with Crippen molar-refractivity contribution in [1.29, 1.82) is 0 Å². The summed E-state index contributed by atoms with van der Waals surface area (Å²) in [6, 6.07) is 0. The first-order valence-electron chi connectivity index (χ1n) is 20.8. The molecule has 1 aliphatic heterocycles. The van der Waals surface area contributed by atoms with E-state index >= 15 is 0 Å². The molecular formula is C42H76O8. The SMILES string of the molecule is CCCCCCCCC=CCCCCCCCC(=O)OC1O[C@H](CO)[C@@H](O)[C@H](O)[C@@H]1OC(=O)CCCCCCCC=CCCCCCCCC. The second kappa shape index (κ2) is 33.1. The molecule has 0 aromatic rings. The Morgan fingerprint density at radius 1 is 0.520 bits per heavy atom. The lowest BCUT2D eigenvalue weighted by atomic mass is 9.99. The fourth-order valence-corrected chi connectivity index (χ4v) is 6.36. The van der Waals surface area contributed by atoms with Gasteiger partial charge in [0, 0.05) is 12.8 Å². The third-order valence-corrected chi connectivity index (χ3v) is 9.63. The van der Waals surface area contributed by atoms with E-state index in [0.29, 0.717) is 12.8 Å². The van der Waals surface area contributed by atoms with Crippen molar-refractivity contribution in [1.82, 2.24) is 0 Å². The van der Waals surface area contributed by atoms with Crippen molar-refractivity contribution >= 4 is 11.9 Å². The third-order valence-electron chi connectivity index (χ3n) is 9.63. The van der Waals surface area contributed by atoms with Gasteiger partial charge in [-0.15, -0.1) is 0 Å². The number of ether oxygens (including phenoxy) is 3. The number of rotatable bonds is 33. The van der Waals surface area contributed by atoms with E-state index < -0.39 is 49.3 Å². The maximum absolute atomic E-state index is 12.6. The van der Waals surface area contributed by atoms with Crippen LogP contribution >= 0.6 is 0 Å². The summed E-state index contributed by atoms with van der Waals surface area (Å²) in [5, 5.41) is 30.6. The maximum Gasteiger partial charge on any atom is 0.308 e. The molecule has 0 bridgehead atoms. The zero-order valence-electron chi connectivity index (χ0n) is 32.1. The molecule has 292 valence electrons. The largest absolute Gasteiger partial charge is 0.453 e. The highest BCUT2D eigenvalue weighted by atomic mass is 16.7. The minimum Gasteiger partial charge on any atom is -0.453 e. The van der Waals surface area contributed by atoms with Crippen LogP contribution in [0.4, 0.5) is 0 Å². The van der Waals surface area contributed by atoms with E-state index in [0.717, 1.165) is 64.2 Å². The molecule has 0 aliphatic carbocycles. The fraction of sp³-hybridized carbons (Fsp3) is 0.857. The van der Waals surface area contributed by atoms with Crippen molar-refractivity contribution < 1.29 is 39.1 Å². The van der Waals surface area contributed by atoms with Crippen LogP contribution in [0.25, 0.3) is 0 Å². The number of hydrogen-bond acceptors (Lipinski definition) is 8. The van der Waals surface area contributed by atoms with Crippen LogP contribution < -0.4 is 0 Å². The van der Waals surface area contributed by atoms with Crippen molar-refractivity contribution in [3.8, 4) is 0 Å². The van der Waals surface area contributed by atoms with Crippen LogP contribution in [0, 0.1) is 0 Å². The average Bonchev–Trinajstić information content (AvgIpc) is 3.11.